The Kier molecular flexibility index (Phi) is 1.73. The molecule has 2 aromatic rings. The van der Waals surface area contributed by atoms with Crippen molar-refractivity contribution in [1.29, 1.82) is 0 Å². The van der Waals surface area contributed by atoms with E-state index in [1.807, 2.05) is 0 Å². The number of aromatic nitrogens is 2. The first-order valence-electron chi connectivity index (χ1n) is 3.34. The van der Waals surface area contributed by atoms with Gasteiger partial charge in [-0.1, -0.05) is 0 Å². The van der Waals surface area contributed by atoms with Crippen molar-refractivity contribution in [3.8, 4) is 0 Å². The monoisotopic (exact) mass is 204 g/mol. The van der Waals surface area contributed by atoms with Gasteiger partial charge in [0.25, 0.3) is 0 Å². The first kappa shape index (κ1) is 8.43. The third-order valence-corrected chi connectivity index (χ3v) is 2.58. The zero-order chi connectivity index (χ0) is 9.47. The van der Waals surface area contributed by atoms with E-state index in [4.69, 9.17) is 0 Å². The molecule has 0 fully saturated rings. The summed E-state index contributed by atoms with van der Waals surface area (Å²) < 4.78 is 36.6. The highest BCUT2D eigenvalue weighted by Gasteiger charge is 2.32. The fourth-order valence-electron chi connectivity index (χ4n) is 0.928. The second-order valence-electron chi connectivity index (χ2n) is 2.39. The number of halogens is 3. The SMILES string of the molecule is FC(F)(F)c1cc2cncnc2s1. The third-order valence-electron chi connectivity index (χ3n) is 1.47. The van der Waals surface area contributed by atoms with Crippen LogP contribution < -0.4 is 0 Å². The van der Waals surface area contributed by atoms with Crippen LogP contribution in [0, 0.1) is 0 Å². The minimum Gasteiger partial charge on any atom is -0.244 e. The van der Waals surface area contributed by atoms with Crippen LogP contribution in [0.5, 0.6) is 0 Å². The van der Waals surface area contributed by atoms with E-state index in [1.54, 1.807) is 0 Å². The van der Waals surface area contributed by atoms with Gasteiger partial charge in [0.1, 0.15) is 16.0 Å². The second kappa shape index (κ2) is 2.66. The molecule has 2 rings (SSSR count). The zero-order valence-corrected chi connectivity index (χ0v) is 6.99. The molecule has 0 saturated heterocycles. The Morgan fingerprint density at radius 3 is 2.69 bits per heavy atom. The number of rotatable bonds is 0. The maximum absolute atomic E-state index is 12.2. The standard InChI is InChI=1S/C7H3F3N2S/c8-7(9,10)5-1-4-2-11-3-12-6(4)13-5/h1-3H. The lowest BCUT2D eigenvalue weighted by Gasteiger charge is -1.99. The lowest BCUT2D eigenvalue weighted by molar-refractivity contribution is -0.134. The van der Waals surface area contributed by atoms with E-state index >= 15 is 0 Å². The molecule has 2 aromatic heterocycles. The molecule has 0 aromatic carbocycles. The van der Waals surface area contributed by atoms with Gasteiger partial charge < -0.3 is 0 Å². The van der Waals surface area contributed by atoms with E-state index in [-0.39, 0.29) is 0 Å². The molecule has 68 valence electrons. The van der Waals surface area contributed by atoms with Crippen LogP contribution in [0.2, 0.25) is 0 Å². The normalized spacial score (nSPS) is 12.2. The molecule has 0 saturated carbocycles. The summed E-state index contributed by atoms with van der Waals surface area (Å²) in [6.07, 6.45) is -1.68. The molecule has 0 unspecified atom stereocenters. The molecule has 0 aliphatic carbocycles. The van der Waals surface area contributed by atoms with Crippen molar-refractivity contribution in [1.82, 2.24) is 9.97 Å². The van der Waals surface area contributed by atoms with E-state index in [9.17, 15) is 13.2 Å². The summed E-state index contributed by atoms with van der Waals surface area (Å²) in [5.74, 6) is 0. The molecule has 0 aliphatic rings. The van der Waals surface area contributed by atoms with Crippen molar-refractivity contribution < 1.29 is 13.2 Å². The fraction of sp³-hybridized carbons (Fsp3) is 0.143. The molecule has 0 aliphatic heterocycles. The van der Waals surface area contributed by atoms with Crippen LogP contribution in [0.15, 0.2) is 18.6 Å². The summed E-state index contributed by atoms with van der Waals surface area (Å²) in [6, 6.07) is 1.06. The summed E-state index contributed by atoms with van der Waals surface area (Å²) in [5, 5.41) is 0.430. The molecular weight excluding hydrogens is 201 g/mol. The predicted octanol–water partition coefficient (Wildman–Crippen LogP) is 2.71. The molecule has 0 bridgehead atoms. The Bertz CT molecular complexity index is 401. The van der Waals surface area contributed by atoms with E-state index < -0.39 is 11.1 Å². The molecule has 6 heteroatoms. The smallest absolute Gasteiger partial charge is 0.244 e. The average Bonchev–Trinajstić information content (AvgIpc) is 2.45. The number of fused-ring (bicyclic) bond motifs is 1. The first-order valence-corrected chi connectivity index (χ1v) is 4.16. The van der Waals surface area contributed by atoms with Gasteiger partial charge >= 0.3 is 6.18 Å². The maximum atomic E-state index is 12.2. The van der Waals surface area contributed by atoms with Crippen molar-refractivity contribution in [3.63, 3.8) is 0 Å². The molecule has 2 heterocycles. The van der Waals surface area contributed by atoms with Gasteiger partial charge in [0.15, 0.2) is 0 Å². The minimum absolute atomic E-state index is 0.363. The number of hydrogen-bond acceptors (Lipinski definition) is 3. The molecule has 0 spiro atoms. The lowest BCUT2D eigenvalue weighted by Crippen LogP contribution is -2.00. The second-order valence-corrected chi connectivity index (χ2v) is 3.42. The minimum atomic E-state index is -4.29. The Balaban J connectivity index is 2.63. The average molecular weight is 204 g/mol. The van der Waals surface area contributed by atoms with Gasteiger partial charge in [0, 0.05) is 11.6 Å². The van der Waals surface area contributed by atoms with E-state index in [2.05, 4.69) is 9.97 Å². The quantitative estimate of drug-likeness (QED) is 0.659. The van der Waals surface area contributed by atoms with Gasteiger partial charge in [-0.05, 0) is 6.07 Å². The van der Waals surface area contributed by atoms with Gasteiger partial charge in [-0.15, -0.1) is 11.3 Å². The van der Waals surface area contributed by atoms with Gasteiger partial charge in [-0.3, -0.25) is 0 Å². The van der Waals surface area contributed by atoms with Crippen LogP contribution in [-0.4, -0.2) is 9.97 Å². The van der Waals surface area contributed by atoms with E-state index in [1.165, 1.54) is 12.5 Å². The van der Waals surface area contributed by atoms with Gasteiger partial charge in [-0.2, -0.15) is 13.2 Å². The molecule has 0 atom stereocenters. The van der Waals surface area contributed by atoms with Crippen LogP contribution in [0.1, 0.15) is 4.88 Å². The van der Waals surface area contributed by atoms with E-state index in [0.29, 0.717) is 21.6 Å². The lowest BCUT2D eigenvalue weighted by atomic mass is 10.4. The van der Waals surface area contributed by atoms with Crippen LogP contribution in [-0.2, 0) is 6.18 Å². The summed E-state index contributed by atoms with van der Waals surface area (Å²) in [4.78, 5) is 7.09. The van der Waals surface area contributed by atoms with Crippen LogP contribution in [0.4, 0.5) is 13.2 Å². The predicted molar refractivity (Wildman–Crippen MR) is 42.4 cm³/mol. The number of hydrogen-bond donors (Lipinski definition) is 0. The summed E-state index contributed by atoms with van der Waals surface area (Å²) >= 11 is 0.628. The maximum Gasteiger partial charge on any atom is 0.425 e. The summed E-state index contributed by atoms with van der Waals surface area (Å²) in [7, 11) is 0. The number of thiophene rings is 1. The topological polar surface area (TPSA) is 25.8 Å². The highest BCUT2D eigenvalue weighted by atomic mass is 32.1. The Hall–Kier alpha value is -1.17. The van der Waals surface area contributed by atoms with Gasteiger partial charge in [0.2, 0.25) is 0 Å². The molecule has 0 N–H and O–H groups in total. The molecular formula is C7H3F3N2S. The third kappa shape index (κ3) is 1.49. The first-order chi connectivity index (χ1) is 6.07. The van der Waals surface area contributed by atoms with Crippen molar-refractivity contribution in [2.45, 2.75) is 6.18 Å². The Labute approximate surface area is 75.1 Å². The highest BCUT2D eigenvalue weighted by Crippen LogP contribution is 2.36. The van der Waals surface area contributed by atoms with Crippen LogP contribution in [0.3, 0.4) is 0 Å². The highest BCUT2D eigenvalue weighted by molar-refractivity contribution is 7.18. The van der Waals surface area contributed by atoms with E-state index in [0.717, 1.165) is 6.07 Å². The van der Waals surface area contributed by atoms with Crippen molar-refractivity contribution >= 4 is 21.6 Å². The fourth-order valence-corrected chi connectivity index (χ4v) is 1.77. The summed E-state index contributed by atoms with van der Waals surface area (Å²) in [5.41, 5.74) is 0. The largest absolute Gasteiger partial charge is 0.425 e. The number of nitrogens with zero attached hydrogens (tertiary/aromatic N) is 2. The molecule has 13 heavy (non-hydrogen) atoms. The Morgan fingerprint density at radius 1 is 1.31 bits per heavy atom. The van der Waals surface area contributed by atoms with Crippen LogP contribution >= 0.6 is 11.3 Å². The molecule has 0 amide bonds. The number of alkyl halides is 3. The Morgan fingerprint density at radius 2 is 2.08 bits per heavy atom. The van der Waals surface area contributed by atoms with Crippen molar-refractivity contribution in [2.75, 3.05) is 0 Å². The van der Waals surface area contributed by atoms with Crippen molar-refractivity contribution in [3.05, 3.63) is 23.5 Å². The van der Waals surface area contributed by atoms with Gasteiger partial charge in [-0.25, -0.2) is 9.97 Å². The molecule has 2 nitrogen and oxygen atoms in total. The van der Waals surface area contributed by atoms with Crippen LogP contribution in [0.25, 0.3) is 10.2 Å². The molecule has 0 radical (unpaired) electrons. The van der Waals surface area contributed by atoms with Gasteiger partial charge in [0.05, 0.1) is 0 Å². The summed E-state index contributed by atoms with van der Waals surface area (Å²) in [6.45, 7) is 0. The zero-order valence-electron chi connectivity index (χ0n) is 6.17. The van der Waals surface area contributed by atoms with Crippen molar-refractivity contribution in [2.24, 2.45) is 0 Å².